The number of amides is 4. The molecule has 0 aliphatic carbocycles. The molecule has 0 spiro atoms. The predicted octanol–water partition coefficient (Wildman–Crippen LogP) is -2.13. The Hall–Kier alpha value is -3.91. The summed E-state index contributed by atoms with van der Waals surface area (Å²) in [7, 11) is 0. The van der Waals surface area contributed by atoms with Gasteiger partial charge in [-0.2, -0.15) is 12.6 Å². The zero-order chi connectivity index (χ0) is 26.7. The van der Waals surface area contributed by atoms with Crippen LogP contribution in [0.2, 0.25) is 0 Å². The molecule has 0 saturated carbocycles. The molecule has 2 aromatic rings. The Balaban J connectivity index is 2.12. The maximum absolute atomic E-state index is 13.1. The van der Waals surface area contributed by atoms with Crippen molar-refractivity contribution in [2.45, 2.75) is 43.4 Å². The Morgan fingerprint density at radius 2 is 1.56 bits per heavy atom. The highest BCUT2D eigenvalue weighted by Crippen LogP contribution is 2.06. The number of carboxylic acids is 1. The molecule has 0 aliphatic heterocycles. The van der Waals surface area contributed by atoms with Crippen molar-refractivity contribution in [1.29, 1.82) is 0 Å². The topological polar surface area (TPSA) is 222 Å². The number of hydrogen-bond acceptors (Lipinski definition) is 8. The maximum Gasteiger partial charge on any atom is 0.326 e. The minimum Gasteiger partial charge on any atom is -0.480 e. The Morgan fingerprint density at radius 3 is 2.11 bits per heavy atom. The number of H-pyrrole nitrogens is 1. The van der Waals surface area contributed by atoms with Gasteiger partial charge in [-0.1, -0.05) is 30.3 Å². The highest BCUT2D eigenvalue weighted by atomic mass is 32.1. The van der Waals surface area contributed by atoms with Gasteiger partial charge in [-0.05, 0) is 5.56 Å². The van der Waals surface area contributed by atoms with Crippen LogP contribution >= 0.6 is 12.6 Å². The molecule has 1 aromatic heterocycles. The van der Waals surface area contributed by atoms with Crippen LogP contribution in [0.15, 0.2) is 42.9 Å². The summed E-state index contributed by atoms with van der Waals surface area (Å²) in [5.41, 5.74) is 12.4. The number of nitrogens with zero attached hydrogens (tertiary/aromatic N) is 1. The fraction of sp³-hybridized carbons (Fsp3) is 0.364. The van der Waals surface area contributed by atoms with Crippen LogP contribution in [-0.2, 0) is 36.8 Å². The third-order valence-corrected chi connectivity index (χ3v) is 5.45. The number of benzene rings is 1. The second kappa shape index (κ2) is 13.8. The molecule has 0 fully saturated rings. The average molecular weight is 520 g/mol. The van der Waals surface area contributed by atoms with E-state index in [2.05, 4.69) is 38.5 Å². The van der Waals surface area contributed by atoms with Gasteiger partial charge >= 0.3 is 5.97 Å². The first-order valence-electron chi connectivity index (χ1n) is 10.9. The Labute approximate surface area is 212 Å². The van der Waals surface area contributed by atoms with E-state index in [-0.39, 0.29) is 18.6 Å². The molecule has 0 aliphatic rings. The molecule has 14 heteroatoms. The smallest absolute Gasteiger partial charge is 0.326 e. The highest BCUT2D eigenvalue weighted by molar-refractivity contribution is 7.80. The summed E-state index contributed by atoms with van der Waals surface area (Å²) in [6, 6.07) is 3.94. The summed E-state index contributed by atoms with van der Waals surface area (Å²) < 4.78 is 0. The van der Waals surface area contributed by atoms with Crippen LogP contribution in [0.4, 0.5) is 0 Å². The van der Waals surface area contributed by atoms with E-state index in [1.54, 1.807) is 30.3 Å². The average Bonchev–Trinajstić information content (AvgIpc) is 3.34. The number of nitrogens with two attached hydrogens (primary N) is 2. The number of rotatable bonds is 14. The van der Waals surface area contributed by atoms with Gasteiger partial charge in [-0.25, -0.2) is 9.78 Å². The van der Waals surface area contributed by atoms with Crippen LogP contribution in [0.25, 0.3) is 0 Å². The number of carboxylic acid groups (broad SMARTS) is 1. The van der Waals surface area contributed by atoms with Crippen molar-refractivity contribution in [3.05, 3.63) is 54.1 Å². The standard InChI is InChI=1S/C22H29N7O6S/c23-14(7-13-9-25-11-26-13)19(31)27-15(6-12-4-2-1-3-5-12)20(32)29-17(10-36)21(33)28-16(22(34)35)8-18(24)30/h1-5,9,11,14-17,36H,6-8,10,23H2,(H2,24,30)(H,25,26)(H,27,31)(H,28,33)(H,29,32)(H,34,35). The van der Waals surface area contributed by atoms with Crippen LogP contribution in [-0.4, -0.2) is 74.6 Å². The van der Waals surface area contributed by atoms with Gasteiger partial charge in [0.05, 0.1) is 18.8 Å². The van der Waals surface area contributed by atoms with E-state index in [0.717, 1.165) is 5.56 Å². The number of nitrogens with one attached hydrogen (secondary N) is 4. The third-order valence-electron chi connectivity index (χ3n) is 5.08. The summed E-state index contributed by atoms with van der Waals surface area (Å²) in [4.78, 5) is 67.6. The molecular weight excluding hydrogens is 490 g/mol. The number of aromatic nitrogens is 2. The van der Waals surface area contributed by atoms with Gasteiger partial charge in [0, 0.05) is 30.5 Å². The Kier molecular flexibility index (Phi) is 10.9. The van der Waals surface area contributed by atoms with Gasteiger partial charge < -0.3 is 37.5 Å². The summed E-state index contributed by atoms with van der Waals surface area (Å²) in [5.74, 6) is -4.77. The molecule has 194 valence electrons. The minimum absolute atomic E-state index is 0.0928. The van der Waals surface area contributed by atoms with E-state index < -0.39 is 60.2 Å². The number of carbonyl (C=O) groups is 5. The highest BCUT2D eigenvalue weighted by Gasteiger charge is 2.30. The number of thiol groups is 1. The Bertz CT molecular complexity index is 1050. The number of carbonyl (C=O) groups excluding carboxylic acids is 4. The SMILES string of the molecule is NC(=O)CC(NC(=O)C(CS)NC(=O)C(Cc1ccccc1)NC(=O)C(N)Cc1cnc[nH]1)C(=O)O. The number of hydrogen-bond donors (Lipinski definition) is 8. The second-order valence-electron chi connectivity index (χ2n) is 7.95. The third kappa shape index (κ3) is 9.03. The van der Waals surface area contributed by atoms with Crippen LogP contribution in [0, 0.1) is 0 Å². The molecule has 9 N–H and O–H groups in total. The predicted molar refractivity (Wildman–Crippen MR) is 132 cm³/mol. The van der Waals surface area contributed by atoms with E-state index in [1.165, 1.54) is 12.5 Å². The van der Waals surface area contributed by atoms with E-state index in [4.69, 9.17) is 11.5 Å². The number of primary amides is 1. The summed E-state index contributed by atoms with van der Waals surface area (Å²) in [5, 5.41) is 16.4. The van der Waals surface area contributed by atoms with Crippen molar-refractivity contribution >= 4 is 42.2 Å². The lowest BCUT2D eigenvalue weighted by atomic mass is 10.0. The van der Waals surface area contributed by atoms with Crippen molar-refractivity contribution in [2.24, 2.45) is 11.5 Å². The molecule has 36 heavy (non-hydrogen) atoms. The molecule has 1 aromatic carbocycles. The van der Waals surface area contributed by atoms with E-state index in [9.17, 15) is 29.1 Å². The molecule has 0 saturated heterocycles. The lowest BCUT2D eigenvalue weighted by Gasteiger charge is -2.24. The molecule has 4 amide bonds. The zero-order valence-electron chi connectivity index (χ0n) is 19.2. The first kappa shape index (κ1) is 28.3. The number of aromatic amines is 1. The van der Waals surface area contributed by atoms with Gasteiger partial charge in [0.1, 0.15) is 18.1 Å². The number of imidazole rings is 1. The van der Waals surface area contributed by atoms with E-state index in [0.29, 0.717) is 5.69 Å². The molecule has 4 unspecified atom stereocenters. The van der Waals surface area contributed by atoms with Gasteiger partial charge in [0.2, 0.25) is 23.6 Å². The summed E-state index contributed by atoms with van der Waals surface area (Å²) in [6.07, 6.45) is 2.60. The van der Waals surface area contributed by atoms with Crippen molar-refractivity contribution in [2.75, 3.05) is 5.75 Å². The van der Waals surface area contributed by atoms with Crippen LogP contribution in [0.5, 0.6) is 0 Å². The molecular formula is C22H29N7O6S. The van der Waals surface area contributed by atoms with Crippen molar-refractivity contribution < 1.29 is 29.1 Å². The summed E-state index contributed by atoms with van der Waals surface area (Å²) >= 11 is 4.06. The Morgan fingerprint density at radius 1 is 0.944 bits per heavy atom. The first-order chi connectivity index (χ1) is 17.1. The molecule has 4 atom stereocenters. The van der Waals surface area contributed by atoms with Gasteiger partial charge in [-0.3, -0.25) is 19.2 Å². The zero-order valence-corrected chi connectivity index (χ0v) is 20.1. The molecule has 13 nitrogen and oxygen atoms in total. The van der Waals surface area contributed by atoms with E-state index >= 15 is 0 Å². The molecule has 1 heterocycles. The van der Waals surface area contributed by atoms with Crippen LogP contribution < -0.4 is 27.4 Å². The fourth-order valence-corrected chi connectivity index (χ4v) is 3.46. The second-order valence-corrected chi connectivity index (χ2v) is 8.32. The van der Waals surface area contributed by atoms with Crippen molar-refractivity contribution in [3.8, 4) is 0 Å². The largest absolute Gasteiger partial charge is 0.480 e. The van der Waals surface area contributed by atoms with E-state index in [1.807, 2.05) is 0 Å². The quantitative estimate of drug-likeness (QED) is 0.128. The van der Waals surface area contributed by atoms with Gasteiger partial charge in [0.25, 0.3) is 0 Å². The van der Waals surface area contributed by atoms with Crippen molar-refractivity contribution in [1.82, 2.24) is 25.9 Å². The van der Waals surface area contributed by atoms with Gasteiger partial charge in [-0.15, -0.1) is 0 Å². The van der Waals surface area contributed by atoms with Gasteiger partial charge in [0.15, 0.2) is 0 Å². The first-order valence-corrected chi connectivity index (χ1v) is 11.5. The molecule has 2 rings (SSSR count). The van der Waals surface area contributed by atoms with Crippen LogP contribution in [0.1, 0.15) is 17.7 Å². The monoisotopic (exact) mass is 519 g/mol. The minimum atomic E-state index is -1.57. The fourth-order valence-electron chi connectivity index (χ4n) is 3.20. The van der Waals surface area contributed by atoms with Crippen LogP contribution in [0.3, 0.4) is 0 Å². The molecule has 0 bridgehead atoms. The lowest BCUT2D eigenvalue weighted by Crippen LogP contribution is -2.58. The lowest BCUT2D eigenvalue weighted by molar-refractivity contribution is -0.143. The van der Waals surface area contributed by atoms with Crippen molar-refractivity contribution in [3.63, 3.8) is 0 Å². The number of aliphatic carboxylic acids is 1. The summed E-state index contributed by atoms with van der Waals surface area (Å²) in [6.45, 7) is 0. The molecule has 0 radical (unpaired) electrons. The normalized spacial score (nSPS) is 14.1. The maximum atomic E-state index is 13.1.